The van der Waals surface area contributed by atoms with Crippen LogP contribution in [0, 0.1) is 0 Å². The molecule has 0 aliphatic carbocycles. The van der Waals surface area contributed by atoms with Crippen LogP contribution in [0.3, 0.4) is 0 Å². The Morgan fingerprint density at radius 1 is 1.50 bits per heavy atom. The molecule has 0 aliphatic heterocycles. The maximum Gasteiger partial charge on any atom is 1.00 e. The molecule has 4 heteroatoms. The van der Waals surface area contributed by atoms with Crippen molar-refractivity contribution in [1.82, 2.24) is 6.15 Å². The summed E-state index contributed by atoms with van der Waals surface area (Å²) in [6, 6.07) is 0. The van der Waals surface area contributed by atoms with E-state index in [4.69, 9.17) is 5.11 Å². The van der Waals surface area contributed by atoms with Crippen LogP contribution in [0.1, 0.15) is 6.92 Å². The number of rotatable bonds is 0. The molecule has 0 rings (SSSR count). The first-order chi connectivity index (χ1) is 1.41. The van der Waals surface area contributed by atoms with Gasteiger partial charge in [0.1, 0.15) is 0 Å². The van der Waals surface area contributed by atoms with Crippen molar-refractivity contribution in [2.24, 2.45) is 0 Å². The van der Waals surface area contributed by atoms with E-state index in [9.17, 15) is 0 Å². The zero-order chi connectivity index (χ0) is 2.71. The van der Waals surface area contributed by atoms with Crippen LogP contribution in [-0.4, -0.2) is 17.2 Å². The third-order valence-electron chi connectivity index (χ3n) is 0. The Bertz CT molecular complexity index is 11.5. The van der Waals surface area contributed by atoms with E-state index in [1.165, 1.54) is 0 Å². The van der Waals surface area contributed by atoms with Crippen LogP contribution in [0.4, 0.5) is 0 Å². The molecule has 0 heterocycles. The van der Waals surface area contributed by atoms with Crippen molar-refractivity contribution >= 4 is 0 Å². The minimum atomic E-state index is 0. The van der Waals surface area contributed by atoms with Crippen LogP contribution in [0.15, 0.2) is 0 Å². The van der Waals surface area contributed by atoms with Gasteiger partial charge < -0.3 is 16.7 Å². The SMILES string of the molecule is CCO.N.[K+].[OH-]. The van der Waals surface area contributed by atoms with Crippen LogP contribution in [-0.2, 0) is 0 Å². The standard InChI is InChI=1S/C2H6O.K.H3N.H2O/c1-2-3;;;/h3H,2H2,1H3;;1H3;1H2/q;+1;;/p-1. The van der Waals surface area contributed by atoms with E-state index >= 15 is 0 Å². The molecule has 0 spiro atoms. The van der Waals surface area contributed by atoms with Crippen LogP contribution in [0.2, 0.25) is 0 Å². The van der Waals surface area contributed by atoms with Gasteiger partial charge in [-0.3, -0.25) is 0 Å². The Morgan fingerprint density at radius 3 is 1.50 bits per heavy atom. The Morgan fingerprint density at radius 2 is 1.50 bits per heavy atom. The number of hydrogen-bond donors (Lipinski definition) is 2. The summed E-state index contributed by atoms with van der Waals surface area (Å²) in [6.07, 6.45) is 0. The van der Waals surface area contributed by atoms with E-state index in [2.05, 4.69) is 0 Å². The van der Waals surface area contributed by atoms with E-state index in [0.717, 1.165) is 0 Å². The molecule has 6 heavy (non-hydrogen) atoms. The molecular weight excluding hydrogens is 109 g/mol. The Hall–Kier alpha value is 1.52. The van der Waals surface area contributed by atoms with Crippen molar-refractivity contribution in [1.29, 1.82) is 0 Å². The second kappa shape index (κ2) is 31.3. The fourth-order valence-corrected chi connectivity index (χ4v) is 0. The van der Waals surface area contributed by atoms with Crippen molar-refractivity contribution in [2.45, 2.75) is 6.92 Å². The predicted octanol–water partition coefficient (Wildman–Crippen LogP) is -3.01. The molecule has 0 radical (unpaired) electrons. The van der Waals surface area contributed by atoms with Gasteiger partial charge in [-0.1, -0.05) is 0 Å². The molecular formula is C2H10KNO2. The fourth-order valence-electron chi connectivity index (χ4n) is 0. The molecule has 0 aliphatic rings. The van der Waals surface area contributed by atoms with Gasteiger partial charge in [-0.15, -0.1) is 0 Å². The molecule has 0 fully saturated rings. The predicted molar refractivity (Wildman–Crippen MR) is 19.7 cm³/mol. The molecule has 0 atom stereocenters. The Balaban J connectivity index is -0.00000000667. The molecule has 0 aromatic rings. The van der Waals surface area contributed by atoms with Crippen molar-refractivity contribution < 1.29 is 62.0 Å². The normalized spacial score (nSPS) is 3.00. The average Bonchev–Trinajstić information content (AvgIpc) is 0.918. The summed E-state index contributed by atoms with van der Waals surface area (Å²) in [6.45, 7) is 1.93. The van der Waals surface area contributed by atoms with E-state index in [1.807, 2.05) is 0 Å². The number of aliphatic hydroxyl groups is 1. The monoisotopic (exact) mass is 119 g/mol. The van der Waals surface area contributed by atoms with E-state index in [1.54, 1.807) is 6.92 Å². The minimum Gasteiger partial charge on any atom is -0.870 e. The first-order valence-corrected chi connectivity index (χ1v) is 1.02. The van der Waals surface area contributed by atoms with Gasteiger partial charge in [0.25, 0.3) is 0 Å². The number of aliphatic hydroxyl groups excluding tert-OH is 1. The van der Waals surface area contributed by atoms with Crippen LogP contribution in [0.25, 0.3) is 0 Å². The first-order valence-electron chi connectivity index (χ1n) is 1.02. The molecule has 0 saturated heterocycles. The molecule has 0 saturated carbocycles. The van der Waals surface area contributed by atoms with Gasteiger partial charge in [0.2, 0.25) is 0 Å². The summed E-state index contributed by atoms with van der Waals surface area (Å²) in [5, 5.41) is 7.57. The van der Waals surface area contributed by atoms with Gasteiger partial charge >= 0.3 is 51.4 Å². The molecule has 36 valence electrons. The summed E-state index contributed by atoms with van der Waals surface area (Å²) in [5.74, 6) is 0. The van der Waals surface area contributed by atoms with Gasteiger partial charge in [0.15, 0.2) is 0 Å². The van der Waals surface area contributed by atoms with Gasteiger partial charge in [-0.05, 0) is 6.92 Å². The average molecular weight is 119 g/mol. The Labute approximate surface area is 80.4 Å². The minimum absolute atomic E-state index is 0. The largest absolute Gasteiger partial charge is 1.00 e. The fraction of sp³-hybridized carbons (Fsp3) is 1.00. The zero-order valence-electron chi connectivity index (χ0n) is 4.31. The maximum absolute atomic E-state index is 7.57. The quantitative estimate of drug-likeness (QED) is 0.333. The van der Waals surface area contributed by atoms with Crippen LogP contribution < -0.4 is 57.5 Å². The first kappa shape index (κ1) is 25.8. The summed E-state index contributed by atoms with van der Waals surface area (Å²) in [5.41, 5.74) is 0. The van der Waals surface area contributed by atoms with Crippen LogP contribution in [0.5, 0.6) is 0 Å². The zero-order valence-corrected chi connectivity index (χ0v) is 7.43. The van der Waals surface area contributed by atoms with Crippen molar-refractivity contribution in [3.8, 4) is 0 Å². The third kappa shape index (κ3) is 48.9. The third-order valence-corrected chi connectivity index (χ3v) is 0. The van der Waals surface area contributed by atoms with Crippen molar-refractivity contribution in [3.63, 3.8) is 0 Å². The molecule has 0 aromatic heterocycles. The second-order valence-corrected chi connectivity index (χ2v) is 0.316. The maximum atomic E-state index is 7.57. The summed E-state index contributed by atoms with van der Waals surface area (Å²) < 4.78 is 0. The van der Waals surface area contributed by atoms with Gasteiger partial charge in [-0.2, -0.15) is 0 Å². The summed E-state index contributed by atoms with van der Waals surface area (Å²) in [4.78, 5) is 0. The molecule has 0 amide bonds. The number of hydrogen-bond acceptors (Lipinski definition) is 3. The van der Waals surface area contributed by atoms with Crippen molar-refractivity contribution in [2.75, 3.05) is 6.61 Å². The Kier molecular flexibility index (Phi) is 135. The molecule has 0 aromatic carbocycles. The van der Waals surface area contributed by atoms with Gasteiger partial charge in [0, 0.05) is 6.61 Å². The molecule has 0 bridgehead atoms. The van der Waals surface area contributed by atoms with Gasteiger partial charge in [-0.25, -0.2) is 0 Å². The second-order valence-electron chi connectivity index (χ2n) is 0.316. The van der Waals surface area contributed by atoms with Gasteiger partial charge in [0.05, 0.1) is 0 Å². The topological polar surface area (TPSA) is 85.2 Å². The van der Waals surface area contributed by atoms with E-state index < -0.39 is 0 Å². The van der Waals surface area contributed by atoms with Crippen molar-refractivity contribution in [3.05, 3.63) is 0 Å². The van der Waals surface area contributed by atoms with E-state index in [-0.39, 0.29) is 69.6 Å². The molecule has 5 N–H and O–H groups in total. The smallest absolute Gasteiger partial charge is 0.870 e. The molecule has 3 nitrogen and oxygen atoms in total. The van der Waals surface area contributed by atoms with Crippen LogP contribution >= 0.6 is 0 Å². The summed E-state index contributed by atoms with van der Waals surface area (Å²) >= 11 is 0. The summed E-state index contributed by atoms with van der Waals surface area (Å²) in [7, 11) is 0. The molecule has 0 unspecified atom stereocenters. The van der Waals surface area contributed by atoms with E-state index in [0.29, 0.717) is 0 Å².